The summed E-state index contributed by atoms with van der Waals surface area (Å²) in [5.41, 5.74) is 13.2. The van der Waals surface area contributed by atoms with Gasteiger partial charge in [0.2, 0.25) is 0 Å². The molecular formula is C52H32N4O. The lowest BCUT2D eigenvalue weighted by molar-refractivity contribution is 0.673. The van der Waals surface area contributed by atoms with Crippen molar-refractivity contribution in [1.82, 2.24) is 19.1 Å². The molecule has 0 spiro atoms. The minimum atomic E-state index is 0.674. The number of fused-ring (bicyclic) bond motifs is 11. The van der Waals surface area contributed by atoms with E-state index < -0.39 is 0 Å². The van der Waals surface area contributed by atoms with Crippen LogP contribution >= 0.6 is 0 Å². The molecule has 0 aliphatic carbocycles. The Morgan fingerprint density at radius 1 is 0.368 bits per heavy atom. The maximum absolute atomic E-state index is 6.82. The number of benzene rings is 8. The molecule has 0 saturated heterocycles. The summed E-state index contributed by atoms with van der Waals surface area (Å²) in [4.78, 5) is 10.4. The van der Waals surface area contributed by atoms with Crippen LogP contribution in [-0.2, 0) is 0 Å². The first-order chi connectivity index (χ1) is 28.3. The molecule has 0 aliphatic rings. The summed E-state index contributed by atoms with van der Waals surface area (Å²) >= 11 is 0. The molecule has 0 amide bonds. The average Bonchev–Trinajstić information content (AvgIpc) is 3.95. The van der Waals surface area contributed by atoms with Crippen molar-refractivity contribution >= 4 is 65.6 Å². The van der Waals surface area contributed by atoms with E-state index in [-0.39, 0.29) is 0 Å². The van der Waals surface area contributed by atoms with Gasteiger partial charge in [0.05, 0.1) is 38.8 Å². The first kappa shape index (κ1) is 31.6. The largest absolute Gasteiger partial charge is 0.455 e. The van der Waals surface area contributed by atoms with Gasteiger partial charge in [0, 0.05) is 55.0 Å². The van der Waals surface area contributed by atoms with E-state index in [4.69, 9.17) is 14.4 Å². The number of furan rings is 1. The molecule has 0 bridgehead atoms. The van der Waals surface area contributed by atoms with E-state index in [0.717, 1.165) is 94.2 Å². The summed E-state index contributed by atoms with van der Waals surface area (Å²) in [6.07, 6.45) is 0. The molecule has 266 valence electrons. The fourth-order valence-electron chi connectivity index (χ4n) is 8.81. The summed E-state index contributed by atoms with van der Waals surface area (Å²) in [5, 5.41) is 6.83. The van der Waals surface area contributed by atoms with Gasteiger partial charge in [0.1, 0.15) is 11.2 Å². The molecule has 8 aromatic carbocycles. The van der Waals surface area contributed by atoms with E-state index in [1.54, 1.807) is 0 Å². The molecule has 12 rings (SSSR count). The van der Waals surface area contributed by atoms with Crippen molar-refractivity contribution < 1.29 is 4.42 Å². The minimum absolute atomic E-state index is 0.674. The van der Waals surface area contributed by atoms with Crippen LogP contribution in [-0.4, -0.2) is 19.1 Å². The van der Waals surface area contributed by atoms with Crippen LogP contribution in [0.25, 0.3) is 111 Å². The molecule has 0 unspecified atom stereocenters. The molecule has 4 aromatic heterocycles. The van der Waals surface area contributed by atoms with Crippen LogP contribution in [0.4, 0.5) is 0 Å². The first-order valence-corrected chi connectivity index (χ1v) is 19.3. The van der Waals surface area contributed by atoms with Crippen molar-refractivity contribution in [1.29, 1.82) is 0 Å². The Kier molecular flexibility index (Phi) is 6.86. The van der Waals surface area contributed by atoms with Gasteiger partial charge in [-0.3, -0.25) is 0 Å². The van der Waals surface area contributed by atoms with Crippen molar-refractivity contribution in [2.24, 2.45) is 0 Å². The van der Waals surface area contributed by atoms with Crippen LogP contribution in [0, 0.1) is 0 Å². The number of hydrogen-bond acceptors (Lipinski definition) is 3. The molecule has 57 heavy (non-hydrogen) atoms. The van der Waals surface area contributed by atoms with Gasteiger partial charge >= 0.3 is 0 Å². The molecule has 5 heteroatoms. The summed E-state index contributed by atoms with van der Waals surface area (Å²) < 4.78 is 11.6. The second-order valence-corrected chi connectivity index (χ2v) is 14.6. The third kappa shape index (κ3) is 4.82. The number of rotatable bonds is 5. The van der Waals surface area contributed by atoms with Crippen LogP contribution in [0.3, 0.4) is 0 Å². The zero-order chi connectivity index (χ0) is 37.5. The normalized spacial score (nSPS) is 11.9. The lowest BCUT2D eigenvalue weighted by Crippen LogP contribution is -1.98. The second kappa shape index (κ2) is 12.4. The third-order valence-corrected chi connectivity index (χ3v) is 11.3. The number of aromatic nitrogens is 4. The summed E-state index contributed by atoms with van der Waals surface area (Å²) in [6, 6.07) is 68.2. The molecule has 0 saturated carbocycles. The minimum Gasteiger partial charge on any atom is -0.455 e. The van der Waals surface area contributed by atoms with Crippen LogP contribution in [0.1, 0.15) is 0 Å². The van der Waals surface area contributed by atoms with Gasteiger partial charge < -0.3 is 13.6 Å². The lowest BCUT2D eigenvalue weighted by Gasteiger charge is -2.13. The van der Waals surface area contributed by atoms with Crippen LogP contribution in [0.15, 0.2) is 199 Å². The standard InChI is InChI=1S/C52H32N4O/c1-4-15-33(16-5-1)42-32-43(34-17-6-2-7-18-34)54-52(53-42)35-19-14-22-37(31-35)56-44-25-12-10-23-38(44)40-27-29-45-48(50(40)56)49-46(55(45)36-20-8-3-9-21-36)30-28-41-39-24-11-13-26-47(39)57-51(41)49/h1-32H. The predicted molar refractivity (Wildman–Crippen MR) is 234 cm³/mol. The van der Waals surface area contributed by atoms with Crippen LogP contribution < -0.4 is 0 Å². The average molecular weight is 729 g/mol. The van der Waals surface area contributed by atoms with Gasteiger partial charge in [-0.15, -0.1) is 0 Å². The molecule has 5 nitrogen and oxygen atoms in total. The molecular weight excluding hydrogens is 697 g/mol. The highest BCUT2D eigenvalue weighted by Gasteiger charge is 2.24. The fourth-order valence-corrected chi connectivity index (χ4v) is 8.81. The Hall–Kier alpha value is -7.76. The van der Waals surface area contributed by atoms with E-state index in [0.29, 0.717) is 5.82 Å². The predicted octanol–water partition coefficient (Wildman–Crippen LogP) is 13.6. The molecule has 0 atom stereocenters. The Morgan fingerprint density at radius 2 is 0.947 bits per heavy atom. The summed E-state index contributed by atoms with van der Waals surface area (Å²) in [6.45, 7) is 0. The first-order valence-electron chi connectivity index (χ1n) is 19.3. The lowest BCUT2D eigenvalue weighted by atomic mass is 10.0. The van der Waals surface area contributed by atoms with Gasteiger partial charge in [-0.1, -0.05) is 133 Å². The van der Waals surface area contributed by atoms with Crippen molar-refractivity contribution in [3.63, 3.8) is 0 Å². The highest BCUT2D eigenvalue weighted by atomic mass is 16.3. The van der Waals surface area contributed by atoms with Gasteiger partial charge in [0.25, 0.3) is 0 Å². The fraction of sp³-hybridized carbons (Fsp3) is 0. The molecule has 0 N–H and O–H groups in total. The quantitative estimate of drug-likeness (QED) is 0.177. The van der Waals surface area contributed by atoms with E-state index in [2.05, 4.69) is 185 Å². The Bertz CT molecular complexity index is 3450. The summed E-state index contributed by atoms with van der Waals surface area (Å²) in [7, 11) is 0. The molecule has 0 aliphatic heterocycles. The van der Waals surface area contributed by atoms with E-state index in [1.807, 2.05) is 18.2 Å². The Labute approximate surface area is 327 Å². The SMILES string of the molecule is c1ccc(-c2cc(-c3ccccc3)nc(-c3cccc(-n4c5ccccc5c5ccc6c(c7c8oc9ccccc9c8ccc7n6-c6ccccc6)c54)c3)n2)cc1. The van der Waals surface area contributed by atoms with Crippen LogP contribution in [0.5, 0.6) is 0 Å². The molecule has 0 fully saturated rings. The number of nitrogens with zero attached hydrogens (tertiary/aromatic N) is 4. The smallest absolute Gasteiger partial charge is 0.160 e. The van der Waals surface area contributed by atoms with Crippen molar-refractivity contribution in [2.75, 3.05) is 0 Å². The highest BCUT2D eigenvalue weighted by molar-refractivity contribution is 6.32. The zero-order valence-electron chi connectivity index (χ0n) is 30.7. The van der Waals surface area contributed by atoms with E-state index in [9.17, 15) is 0 Å². The molecule has 0 radical (unpaired) electrons. The second-order valence-electron chi connectivity index (χ2n) is 14.6. The monoisotopic (exact) mass is 728 g/mol. The highest BCUT2D eigenvalue weighted by Crippen LogP contribution is 2.46. The number of para-hydroxylation sites is 3. The third-order valence-electron chi connectivity index (χ3n) is 11.3. The zero-order valence-corrected chi connectivity index (χ0v) is 30.7. The van der Waals surface area contributed by atoms with E-state index in [1.165, 1.54) is 10.8 Å². The Balaban J connectivity index is 1.18. The van der Waals surface area contributed by atoms with Gasteiger partial charge in [-0.2, -0.15) is 0 Å². The van der Waals surface area contributed by atoms with Crippen molar-refractivity contribution in [3.8, 4) is 45.3 Å². The maximum Gasteiger partial charge on any atom is 0.160 e. The van der Waals surface area contributed by atoms with E-state index >= 15 is 0 Å². The molecule has 4 heterocycles. The summed E-state index contributed by atoms with van der Waals surface area (Å²) in [5.74, 6) is 0.674. The van der Waals surface area contributed by atoms with Crippen molar-refractivity contribution in [3.05, 3.63) is 194 Å². The van der Waals surface area contributed by atoms with Crippen LogP contribution in [0.2, 0.25) is 0 Å². The topological polar surface area (TPSA) is 48.8 Å². The Morgan fingerprint density at radius 3 is 1.68 bits per heavy atom. The van der Waals surface area contributed by atoms with Crippen molar-refractivity contribution in [2.45, 2.75) is 0 Å². The van der Waals surface area contributed by atoms with Gasteiger partial charge in [-0.05, 0) is 60.7 Å². The van der Waals surface area contributed by atoms with Gasteiger partial charge in [0.15, 0.2) is 5.82 Å². The maximum atomic E-state index is 6.82. The number of hydrogen-bond donors (Lipinski definition) is 0. The molecule has 12 aromatic rings. The van der Waals surface area contributed by atoms with Gasteiger partial charge in [-0.25, -0.2) is 9.97 Å².